The Morgan fingerprint density at radius 3 is 2.84 bits per heavy atom. The standard InChI is InChI=1S/C13H16BrNO4/c1-13(19-6-12(17)18)7-15(8-13)5-9-4-10(14)2-3-11(9)16/h2-4,16H,5-8H2,1H3,(H,17,18). The van der Waals surface area contributed by atoms with Crippen molar-refractivity contribution in [3.05, 3.63) is 28.2 Å². The third kappa shape index (κ3) is 3.68. The molecule has 1 aliphatic heterocycles. The maximum Gasteiger partial charge on any atom is 0.329 e. The lowest BCUT2D eigenvalue weighted by Gasteiger charge is -2.47. The summed E-state index contributed by atoms with van der Waals surface area (Å²) in [7, 11) is 0. The largest absolute Gasteiger partial charge is 0.508 e. The van der Waals surface area contributed by atoms with Crippen molar-refractivity contribution in [2.75, 3.05) is 19.7 Å². The van der Waals surface area contributed by atoms with Crippen molar-refractivity contribution in [3.63, 3.8) is 0 Å². The number of aromatic hydroxyl groups is 1. The number of hydrogen-bond donors (Lipinski definition) is 2. The Bertz CT molecular complexity index is 486. The van der Waals surface area contributed by atoms with Gasteiger partial charge in [-0.15, -0.1) is 0 Å². The van der Waals surface area contributed by atoms with Gasteiger partial charge in [-0.2, -0.15) is 0 Å². The number of benzene rings is 1. The summed E-state index contributed by atoms with van der Waals surface area (Å²) in [5, 5.41) is 18.3. The maximum atomic E-state index is 10.5. The molecule has 0 bridgehead atoms. The lowest BCUT2D eigenvalue weighted by Crippen LogP contribution is -2.61. The molecular weight excluding hydrogens is 314 g/mol. The molecule has 5 nitrogen and oxygen atoms in total. The fourth-order valence-electron chi connectivity index (χ4n) is 2.26. The normalized spacial score (nSPS) is 18.0. The molecule has 0 aliphatic carbocycles. The average Bonchev–Trinajstić information content (AvgIpc) is 2.29. The van der Waals surface area contributed by atoms with E-state index in [4.69, 9.17) is 9.84 Å². The number of likely N-dealkylation sites (tertiary alicyclic amines) is 1. The predicted octanol–water partition coefficient (Wildman–Crippen LogP) is 1.83. The molecule has 1 heterocycles. The molecule has 0 spiro atoms. The maximum absolute atomic E-state index is 10.5. The number of hydrogen-bond acceptors (Lipinski definition) is 4. The van der Waals surface area contributed by atoms with Crippen molar-refractivity contribution in [1.29, 1.82) is 0 Å². The highest BCUT2D eigenvalue weighted by Crippen LogP contribution is 2.29. The van der Waals surface area contributed by atoms with E-state index in [1.54, 1.807) is 12.1 Å². The highest BCUT2D eigenvalue weighted by atomic mass is 79.9. The number of phenols is 1. The highest BCUT2D eigenvalue weighted by Gasteiger charge is 2.40. The second kappa shape index (κ2) is 5.48. The van der Waals surface area contributed by atoms with E-state index in [1.807, 2.05) is 13.0 Å². The minimum atomic E-state index is -0.954. The Hall–Kier alpha value is -1.11. The smallest absolute Gasteiger partial charge is 0.329 e. The topological polar surface area (TPSA) is 70.0 Å². The number of halogens is 1. The Balaban J connectivity index is 1.87. The van der Waals surface area contributed by atoms with Crippen LogP contribution in [-0.2, 0) is 16.1 Å². The summed E-state index contributed by atoms with van der Waals surface area (Å²) in [5.74, 6) is -0.687. The van der Waals surface area contributed by atoms with E-state index in [0.29, 0.717) is 19.6 Å². The van der Waals surface area contributed by atoms with Gasteiger partial charge in [-0.1, -0.05) is 15.9 Å². The van der Waals surface area contributed by atoms with E-state index in [1.165, 1.54) is 0 Å². The molecule has 0 saturated carbocycles. The van der Waals surface area contributed by atoms with Gasteiger partial charge in [0.15, 0.2) is 0 Å². The van der Waals surface area contributed by atoms with Crippen LogP contribution in [0.25, 0.3) is 0 Å². The molecular formula is C13H16BrNO4. The summed E-state index contributed by atoms with van der Waals surface area (Å²) in [4.78, 5) is 12.6. The molecule has 0 radical (unpaired) electrons. The van der Waals surface area contributed by atoms with Crippen molar-refractivity contribution in [3.8, 4) is 5.75 Å². The minimum Gasteiger partial charge on any atom is -0.508 e. The van der Waals surface area contributed by atoms with Gasteiger partial charge in [-0.3, -0.25) is 4.90 Å². The van der Waals surface area contributed by atoms with Gasteiger partial charge < -0.3 is 14.9 Å². The molecule has 1 saturated heterocycles. The zero-order valence-electron chi connectivity index (χ0n) is 10.6. The average molecular weight is 330 g/mol. The fourth-order valence-corrected chi connectivity index (χ4v) is 2.67. The van der Waals surface area contributed by atoms with Gasteiger partial charge in [0.2, 0.25) is 0 Å². The molecule has 0 atom stereocenters. The van der Waals surface area contributed by atoms with E-state index >= 15 is 0 Å². The summed E-state index contributed by atoms with van der Waals surface area (Å²) in [6, 6.07) is 5.32. The molecule has 1 aromatic rings. The number of phenolic OH excluding ortho intramolecular Hbond substituents is 1. The molecule has 1 aromatic carbocycles. The number of carbonyl (C=O) groups is 1. The van der Waals surface area contributed by atoms with E-state index < -0.39 is 11.6 Å². The van der Waals surface area contributed by atoms with Crippen LogP contribution >= 0.6 is 15.9 Å². The Morgan fingerprint density at radius 2 is 2.21 bits per heavy atom. The molecule has 1 fully saturated rings. The third-order valence-electron chi connectivity index (χ3n) is 3.10. The quantitative estimate of drug-likeness (QED) is 0.862. The molecule has 19 heavy (non-hydrogen) atoms. The first-order chi connectivity index (χ1) is 8.88. The summed E-state index contributed by atoms with van der Waals surface area (Å²) in [6.07, 6.45) is 0. The van der Waals surface area contributed by atoms with Crippen LogP contribution in [0.1, 0.15) is 12.5 Å². The first-order valence-electron chi connectivity index (χ1n) is 5.93. The van der Waals surface area contributed by atoms with Crippen molar-refractivity contribution >= 4 is 21.9 Å². The van der Waals surface area contributed by atoms with Crippen molar-refractivity contribution in [2.45, 2.75) is 19.1 Å². The van der Waals surface area contributed by atoms with Gasteiger partial charge in [-0.25, -0.2) is 4.79 Å². The monoisotopic (exact) mass is 329 g/mol. The van der Waals surface area contributed by atoms with Crippen molar-refractivity contribution in [2.24, 2.45) is 0 Å². The van der Waals surface area contributed by atoms with Crippen LogP contribution in [0.4, 0.5) is 0 Å². The Morgan fingerprint density at radius 1 is 1.53 bits per heavy atom. The first kappa shape index (κ1) is 14.3. The van der Waals surface area contributed by atoms with Crippen LogP contribution in [0.2, 0.25) is 0 Å². The van der Waals surface area contributed by atoms with Gasteiger partial charge in [0, 0.05) is 29.7 Å². The summed E-state index contributed by atoms with van der Waals surface area (Å²) >= 11 is 3.37. The van der Waals surface area contributed by atoms with Crippen molar-refractivity contribution in [1.82, 2.24) is 4.90 Å². The predicted molar refractivity (Wildman–Crippen MR) is 73.1 cm³/mol. The molecule has 0 unspecified atom stereocenters. The van der Waals surface area contributed by atoms with E-state index in [9.17, 15) is 9.90 Å². The van der Waals surface area contributed by atoms with E-state index in [-0.39, 0.29) is 12.4 Å². The molecule has 104 valence electrons. The summed E-state index contributed by atoms with van der Waals surface area (Å²) in [5.41, 5.74) is 0.440. The van der Waals surface area contributed by atoms with Crippen LogP contribution < -0.4 is 0 Å². The number of nitrogens with zero attached hydrogens (tertiary/aromatic N) is 1. The second-order valence-electron chi connectivity index (χ2n) is 5.05. The number of carboxylic acids is 1. The molecule has 2 rings (SSSR count). The molecule has 0 aromatic heterocycles. The Labute approximate surface area is 119 Å². The molecule has 1 aliphatic rings. The number of aliphatic carboxylic acids is 1. The third-order valence-corrected chi connectivity index (χ3v) is 3.59. The van der Waals surface area contributed by atoms with Crippen LogP contribution in [0, 0.1) is 0 Å². The summed E-state index contributed by atoms with van der Waals surface area (Å²) in [6.45, 7) is 3.56. The van der Waals surface area contributed by atoms with Crippen molar-refractivity contribution < 1.29 is 19.7 Å². The van der Waals surface area contributed by atoms with Gasteiger partial charge in [0.1, 0.15) is 12.4 Å². The van der Waals surface area contributed by atoms with Crippen LogP contribution in [-0.4, -0.2) is 46.4 Å². The van der Waals surface area contributed by atoms with Crippen LogP contribution in [0.3, 0.4) is 0 Å². The molecule has 6 heteroatoms. The van der Waals surface area contributed by atoms with E-state index in [0.717, 1.165) is 10.0 Å². The SMILES string of the molecule is CC1(OCC(=O)O)CN(Cc2cc(Br)ccc2O)C1. The first-order valence-corrected chi connectivity index (χ1v) is 6.73. The zero-order valence-corrected chi connectivity index (χ0v) is 12.2. The van der Waals surface area contributed by atoms with Gasteiger partial charge in [0.05, 0.1) is 5.60 Å². The lowest BCUT2D eigenvalue weighted by molar-refractivity contribution is -0.165. The minimum absolute atomic E-state index is 0.267. The van der Waals surface area contributed by atoms with E-state index in [2.05, 4.69) is 20.8 Å². The number of carboxylic acid groups (broad SMARTS) is 1. The van der Waals surface area contributed by atoms with Gasteiger partial charge in [-0.05, 0) is 25.1 Å². The number of rotatable bonds is 5. The fraction of sp³-hybridized carbons (Fsp3) is 0.462. The van der Waals surface area contributed by atoms with Gasteiger partial charge >= 0.3 is 5.97 Å². The second-order valence-corrected chi connectivity index (χ2v) is 5.97. The van der Waals surface area contributed by atoms with Gasteiger partial charge in [0.25, 0.3) is 0 Å². The van der Waals surface area contributed by atoms with Crippen LogP contribution in [0.5, 0.6) is 5.75 Å². The zero-order chi connectivity index (χ0) is 14.0. The molecule has 2 N–H and O–H groups in total. The summed E-state index contributed by atoms with van der Waals surface area (Å²) < 4.78 is 6.26. The highest BCUT2D eigenvalue weighted by molar-refractivity contribution is 9.10. The lowest BCUT2D eigenvalue weighted by atomic mass is 9.95. The molecule has 0 amide bonds. The number of ether oxygens (including phenoxy) is 1. The Kier molecular flexibility index (Phi) is 4.13. The van der Waals surface area contributed by atoms with Crippen LogP contribution in [0.15, 0.2) is 22.7 Å².